The van der Waals surface area contributed by atoms with Gasteiger partial charge in [0.15, 0.2) is 5.78 Å². The number of aryl methyl sites for hydroxylation is 1. The molecular formula is C15H23N3O. The summed E-state index contributed by atoms with van der Waals surface area (Å²) in [7, 11) is 1.95. The van der Waals surface area contributed by atoms with Crippen molar-refractivity contribution in [2.75, 3.05) is 0 Å². The van der Waals surface area contributed by atoms with Crippen LogP contribution in [0, 0.1) is 5.92 Å². The van der Waals surface area contributed by atoms with E-state index in [0.717, 1.165) is 18.2 Å². The fraction of sp³-hybridized carbons (Fsp3) is 0.733. The zero-order valence-electron chi connectivity index (χ0n) is 11.6. The lowest BCUT2D eigenvalue weighted by atomic mass is 9.77. The Bertz CT molecular complexity index is 454. The highest BCUT2D eigenvalue weighted by Crippen LogP contribution is 2.32. The van der Waals surface area contributed by atoms with Crippen molar-refractivity contribution in [3.8, 4) is 0 Å². The maximum absolute atomic E-state index is 12.4. The largest absolute Gasteiger partial charge is 0.338 e. The van der Waals surface area contributed by atoms with E-state index in [4.69, 9.17) is 0 Å². The molecular weight excluding hydrogens is 238 g/mol. The molecule has 0 aromatic carbocycles. The van der Waals surface area contributed by atoms with Gasteiger partial charge in [-0.2, -0.15) is 0 Å². The second-order valence-corrected chi connectivity index (χ2v) is 6.05. The first-order chi connectivity index (χ1) is 9.24. The van der Waals surface area contributed by atoms with Crippen molar-refractivity contribution in [1.29, 1.82) is 0 Å². The molecule has 2 aliphatic rings. The molecule has 4 heteroatoms. The van der Waals surface area contributed by atoms with Gasteiger partial charge in [0, 0.05) is 25.5 Å². The van der Waals surface area contributed by atoms with Gasteiger partial charge in [0.25, 0.3) is 0 Å². The maximum atomic E-state index is 12.4. The Morgan fingerprint density at radius 1 is 1.37 bits per heavy atom. The van der Waals surface area contributed by atoms with E-state index in [2.05, 4.69) is 10.3 Å². The van der Waals surface area contributed by atoms with Gasteiger partial charge in [-0.05, 0) is 31.6 Å². The molecule has 104 valence electrons. The molecule has 4 nitrogen and oxygen atoms in total. The van der Waals surface area contributed by atoms with Gasteiger partial charge < -0.3 is 9.88 Å². The predicted octanol–water partition coefficient (Wildman–Crippen LogP) is 1.84. The van der Waals surface area contributed by atoms with E-state index >= 15 is 0 Å². The minimum Gasteiger partial charge on any atom is -0.338 e. The lowest BCUT2D eigenvalue weighted by Gasteiger charge is -2.40. The summed E-state index contributed by atoms with van der Waals surface area (Å²) >= 11 is 0. The van der Waals surface area contributed by atoms with Crippen LogP contribution in [0.4, 0.5) is 0 Å². The van der Waals surface area contributed by atoms with Crippen LogP contribution in [0.3, 0.4) is 0 Å². The normalized spacial score (nSPS) is 30.9. The molecule has 3 unspecified atom stereocenters. The molecule has 2 heterocycles. The van der Waals surface area contributed by atoms with Crippen molar-refractivity contribution in [3.05, 3.63) is 18.2 Å². The quantitative estimate of drug-likeness (QED) is 0.903. The third kappa shape index (κ3) is 2.73. The average molecular weight is 261 g/mol. The zero-order chi connectivity index (χ0) is 13.2. The van der Waals surface area contributed by atoms with Crippen LogP contribution in [0.1, 0.15) is 44.3 Å². The van der Waals surface area contributed by atoms with Crippen molar-refractivity contribution < 1.29 is 4.79 Å². The number of aromatic nitrogens is 2. The molecule has 3 atom stereocenters. The second kappa shape index (κ2) is 5.45. The van der Waals surface area contributed by atoms with Gasteiger partial charge in [-0.3, -0.25) is 4.79 Å². The van der Waals surface area contributed by atoms with Crippen molar-refractivity contribution in [3.63, 3.8) is 0 Å². The summed E-state index contributed by atoms with van der Waals surface area (Å²) in [6, 6.07) is 0.633. The van der Waals surface area contributed by atoms with Gasteiger partial charge in [-0.25, -0.2) is 4.98 Å². The van der Waals surface area contributed by atoms with E-state index in [1.54, 1.807) is 6.20 Å². The Hall–Kier alpha value is -1.16. The molecule has 2 fully saturated rings. The molecule has 0 amide bonds. The summed E-state index contributed by atoms with van der Waals surface area (Å²) in [5.74, 6) is 1.99. The zero-order valence-corrected chi connectivity index (χ0v) is 11.6. The Kier molecular flexibility index (Phi) is 3.69. The first kappa shape index (κ1) is 12.9. The van der Waals surface area contributed by atoms with Crippen LogP contribution in [-0.4, -0.2) is 27.4 Å². The van der Waals surface area contributed by atoms with Gasteiger partial charge in [0.2, 0.25) is 0 Å². The molecule has 1 N–H and O–H groups in total. The van der Waals surface area contributed by atoms with Gasteiger partial charge in [0.05, 0.1) is 12.5 Å². The Balaban J connectivity index is 1.60. The van der Waals surface area contributed by atoms with E-state index in [9.17, 15) is 4.79 Å². The van der Waals surface area contributed by atoms with Crippen LogP contribution in [0.15, 0.2) is 12.4 Å². The van der Waals surface area contributed by atoms with E-state index in [-0.39, 0.29) is 6.04 Å². The van der Waals surface area contributed by atoms with Gasteiger partial charge in [0.1, 0.15) is 5.82 Å². The molecule has 1 saturated heterocycles. The van der Waals surface area contributed by atoms with E-state index in [0.29, 0.717) is 18.2 Å². The number of carbonyl (C=O) groups is 1. The number of hydrogen-bond donors (Lipinski definition) is 1. The third-order valence-corrected chi connectivity index (χ3v) is 4.79. The molecule has 0 radical (unpaired) electrons. The number of fused-ring (bicyclic) bond motifs is 1. The monoisotopic (exact) mass is 261 g/mol. The Labute approximate surface area is 114 Å². The lowest BCUT2D eigenvalue weighted by molar-refractivity contribution is -0.121. The van der Waals surface area contributed by atoms with Crippen LogP contribution >= 0.6 is 0 Å². The number of hydrogen-bond acceptors (Lipinski definition) is 3. The molecule has 1 aromatic heterocycles. The number of nitrogens with one attached hydrogen (secondary N) is 1. The summed E-state index contributed by atoms with van der Waals surface area (Å²) in [6.07, 6.45) is 11.6. The van der Waals surface area contributed by atoms with E-state index in [1.807, 2.05) is 17.8 Å². The van der Waals surface area contributed by atoms with Crippen LogP contribution < -0.4 is 5.32 Å². The lowest BCUT2D eigenvalue weighted by Crippen LogP contribution is -2.52. The fourth-order valence-corrected chi connectivity index (χ4v) is 3.59. The van der Waals surface area contributed by atoms with Gasteiger partial charge in [-0.1, -0.05) is 12.8 Å². The van der Waals surface area contributed by atoms with Crippen molar-refractivity contribution >= 4 is 5.78 Å². The van der Waals surface area contributed by atoms with E-state index in [1.165, 1.54) is 32.1 Å². The minimum absolute atomic E-state index is 0.0519. The van der Waals surface area contributed by atoms with Crippen LogP contribution in [0.25, 0.3) is 0 Å². The number of ketones is 1. The summed E-state index contributed by atoms with van der Waals surface area (Å²) in [5, 5.41) is 3.60. The third-order valence-electron chi connectivity index (χ3n) is 4.79. The molecule has 1 aliphatic heterocycles. The average Bonchev–Trinajstić information content (AvgIpc) is 2.84. The first-order valence-corrected chi connectivity index (χ1v) is 7.49. The molecule has 0 bridgehead atoms. The smallest absolute Gasteiger partial charge is 0.157 e. The highest BCUT2D eigenvalue weighted by molar-refractivity contribution is 5.85. The number of rotatable bonds is 3. The van der Waals surface area contributed by atoms with Crippen LogP contribution in [0.5, 0.6) is 0 Å². The molecule has 0 spiro atoms. The molecule has 1 saturated carbocycles. The van der Waals surface area contributed by atoms with Gasteiger partial charge >= 0.3 is 0 Å². The van der Waals surface area contributed by atoms with Crippen molar-refractivity contribution in [1.82, 2.24) is 14.9 Å². The predicted molar refractivity (Wildman–Crippen MR) is 73.8 cm³/mol. The minimum atomic E-state index is 0.0519. The highest BCUT2D eigenvalue weighted by Gasteiger charge is 2.34. The first-order valence-electron chi connectivity index (χ1n) is 7.49. The SMILES string of the molecule is Cn1ccnc1CC(=O)C1CCC2CCCCC2N1. The number of carbonyl (C=O) groups excluding carboxylic acids is 1. The fourth-order valence-electron chi connectivity index (χ4n) is 3.59. The second-order valence-electron chi connectivity index (χ2n) is 6.05. The summed E-state index contributed by atoms with van der Waals surface area (Å²) in [5.41, 5.74) is 0. The molecule has 1 aromatic rings. The summed E-state index contributed by atoms with van der Waals surface area (Å²) in [4.78, 5) is 16.6. The molecule has 1 aliphatic carbocycles. The van der Waals surface area contributed by atoms with Crippen LogP contribution in [-0.2, 0) is 18.3 Å². The number of Topliss-reactive ketones (excluding diaryl/α,β-unsaturated/α-hetero) is 1. The van der Waals surface area contributed by atoms with Crippen molar-refractivity contribution in [2.45, 2.75) is 57.0 Å². The highest BCUT2D eigenvalue weighted by atomic mass is 16.1. The summed E-state index contributed by atoms with van der Waals surface area (Å²) < 4.78 is 1.93. The van der Waals surface area contributed by atoms with E-state index < -0.39 is 0 Å². The van der Waals surface area contributed by atoms with Crippen molar-refractivity contribution in [2.24, 2.45) is 13.0 Å². The van der Waals surface area contributed by atoms with Crippen LogP contribution in [0.2, 0.25) is 0 Å². The number of nitrogens with zero attached hydrogens (tertiary/aromatic N) is 2. The summed E-state index contributed by atoms with van der Waals surface area (Å²) in [6.45, 7) is 0. The topological polar surface area (TPSA) is 46.9 Å². The Morgan fingerprint density at radius 3 is 3.00 bits per heavy atom. The maximum Gasteiger partial charge on any atom is 0.157 e. The molecule has 19 heavy (non-hydrogen) atoms. The Morgan fingerprint density at radius 2 is 2.21 bits per heavy atom. The molecule has 3 rings (SSSR count). The standard InChI is InChI=1S/C15H23N3O/c1-18-9-8-16-15(18)10-14(19)13-7-6-11-4-2-3-5-12(11)17-13/h8-9,11-13,17H,2-7,10H2,1H3. The number of piperidine rings is 1. The van der Waals surface area contributed by atoms with Gasteiger partial charge in [-0.15, -0.1) is 0 Å². The number of imidazole rings is 1.